The van der Waals surface area contributed by atoms with Crippen molar-refractivity contribution in [3.8, 4) is 0 Å². The van der Waals surface area contributed by atoms with Crippen LogP contribution >= 0.6 is 0 Å². The van der Waals surface area contributed by atoms with Gasteiger partial charge in [-0.2, -0.15) is 0 Å². The highest BCUT2D eigenvalue weighted by Crippen LogP contribution is 2.49. The van der Waals surface area contributed by atoms with Crippen LogP contribution in [0.4, 0.5) is 0 Å². The third kappa shape index (κ3) is 2.60. The number of rotatable bonds is 5. The van der Waals surface area contributed by atoms with Gasteiger partial charge in [0.2, 0.25) is 0 Å². The summed E-state index contributed by atoms with van der Waals surface area (Å²) in [5.41, 5.74) is 0.711. The van der Waals surface area contributed by atoms with Crippen LogP contribution < -0.4 is 5.32 Å². The number of nitrogens with one attached hydrogen (secondary N) is 1. The fourth-order valence-electron chi connectivity index (χ4n) is 3.03. The second kappa shape index (κ2) is 5.05. The van der Waals surface area contributed by atoms with E-state index in [4.69, 9.17) is 0 Å². The minimum Gasteiger partial charge on any atom is -0.311 e. The molecule has 2 atom stereocenters. The number of piperazine rings is 1. The first kappa shape index (κ1) is 12.4. The van der Waals surface area contributed by atoms with E-state index in [1.807, 2.05) is 0 Å². The van der Waals surface area contributed by atoms with Crippen molar-refractivity contribution in [2.75, 3.05) is 19.6 Å². The predicted octanol–water partition coefficient (Wildman–Crippen LogP) is 2.64. The van der Waals surface area contributed by atoms with Gasteiger partial charge in [-0.15, -0.1) is 0 Å². The maximum absolute atomic E-state index is 3.68. The van der Waals surface area contributed by atoms with E-state index in [9.17, 15) is 0 Å². The van der Waals surface area contributed by atoms with Crippen LogP contribution in [0, 0.1) is 5.41 Å². The van der Waals surface area contributed by atoms with E-state index < -0.39 is 0 Å². The summed E-state index contributed by atoms with van der Waals surface area (Å²) in [6.07, 6.45) is 6.89. The quantitative estimate of drug-likeness (QED) is 0.772. The third-order valence-electron chi connectivity index (χ3n) is 4.82. The normalized spacial score (nSPS) is 33.9. The highest BCUT2D eigenvalue weighted by atomic mass is 15.2. The van der Waals surface area contributed by atoms with Crippen molar-refractivity contribution in [1.29, 1.82) is 0 Å². The van der Waals surface area contributed by atoms with Crippen LogP contribution in [0.1, 0.15) is 52.9 Å². The maximum Gasteiger partial charge on any atom is 0.0219 e. The Hall–Kier alpha value is -0.0800. The molecule has 94 valence electrons. The van der Waals surface area contributed by atoms with Crippen LogP contribution in [0.2, 0.25) is 0 Å². The Bertz CT molecular complexity index is 223. The molecule has 1 aliphatic heterocycles. The van der Waals surface area contributed by atoms with Gasteiger partial charge in [-0.3, -0.25) is 4.90 Å². The summed E-state index contributed by atoms with van der Waals surface area (Å²) in [5, 5.41) is 3.68. The zero-order valence-corrected chi connectivity index (χ0v) is 11.3. The first-order chi connectivity index (χ1) is 7.73. The first-order valence-corrected chi connectivity index (χ1v) is 7.20. The van der Waals surface area contributed by atoms with Crippen molar-refractivity contribution < 1.29 is 0 Å². The lowest BCUT2D eigenvalue weighted by molar-refractivity contribution is 0.0983. The van der Waals surface area contributed by atoms with Gasteiger partial charge in [-0.25, -0.2) is 0 Å². The lowest BCUT2D eigenvalue weighted by atomic mass is 9.98. The van der Waals surface area contributed by atoms with E-state index in [2.05, 4.69) is 31.0 Å². The summed E-state index contributed by atoms with van der Waals surface area (Å²) in [6, 6.07) is 1.52. The van der Waals surface area contributed by atoms with Crippen LogP contribution in [-0.2, 0) is 0 Å². The summed E-state index contributed by atoms with van der Waals surface area (Å²) in [4.78, 5) is 2.78. The molecule has 0 aromatic carbocycles. The molecule has 2 nitrogen and oxygen atoms in total. The van der Waals surface area contributed by atoms with Gasteiger partial charge in [0.15, 0.2) is 0 Å². The van der Waals surface area contributed by atoms with Gasteiger partial charge in [-0.1, -0.05) is 20.8 Å². The van der Waals surface area contributed by atoms with E-state index in [1.54, 1.807) is 0 Å². The molecule has 2 aliphatic rings. The Kier molecular flexibility index (Phi) is 3.91. The Morgan fingerprint density at radius 1 is 1.19 bits per heavy atom. The lowest BCUT2D eigenvalue weighted by Gasteiger charge is -2.41. The predicted molar refractivity (Wildman–Crippen MR) is 69.7 cm³/mol. The molecular formula is C14H28N2. The Balaban J connectivity index is 1.92. The van der Waals surface area contributed by atoms with Gasteiger partial charge in [0.1, 0.15) is 0 Å². The van der Waals surface area contributed by atoms with Crippen LogP contribution in [0.15, 0.2) is 0 Å². The topological polar surface area (TPSA) is 15.3 Å². The molecule has 16 heavy (non-hydrogen) atoms. The van der Waals surface area contributed by atoms with E-state index in [0.717, 1.165) is 12.1 Å². The lowest BCUT2D eigenvalue weighted by Crippen LogP contribution is -2.57. The van der Waals surface area contributed by atoms with Gasteiger partial charge in [-0.05, 0) is 37.5 Å². The summed E-state index contributed by atoms with van der Waals surface area (Å²) in [5.74, 6) is 0. The molecule has 1 N–H and O–H groups in total. The van der Waals surface area contributed by atoms with Crippen molar-refractivity contribution in [2.45, 2.75) is 65.0 Å². The van der Waals surface area contributed by atoms with Crippen molar-refractivity contribution in [2.24, 2.45) is 5.41 Å². The summed E-state index contributed by atoms with van der Waals surface area (Å²) in [6.45, 7) is 10.8. The molecule has 0 bridgehead atoms. The van der Waals surface area contributed by atoms with E-state index >= 15 is 0 Å². The molecule has 0 radical (unpaired) electrons. The van der Waals surface area contributed by atoms with E-state index in [0.29, 0.717) is 5.41 Å². The number of hydrogen-bond donors (Lipinski definition) is 1. The van der Waals surface area contributed by atoms with Crippen LogP contribution in [0.5, 0.6) is 0 Å². The standard InChI is InChI=1S/C14H28N2/c1-4-12-10-16(13(5-2)9-15-12)11-14(6-3)7-8-14/h12-13,15H,4-11H2,1-3H3. The summed E-state index contributed by atoms with van der Waals surface area (Å²) >= 11 is 0. The molecule has 0 amide bonds. The smallest absolute Gasteiger partial charge is 0.0219 e. The Morgan fingerprint density at radius 2 is 1.94 bits per heavy atom. The molecule has 0 spiro atoms. The van der Waals surface area contributed by atoms with Crippen molar-refractivity contribution in [3.63, 3.8) is 0 Å². The first-order valence-electron chi connectivity index (χ1n) is 7.20. The maximum atomic E-state index is 3.68. The highest BCUT2D eigenvalue weighted by molar-refractivity contribution is 4.97. The fourth-order valence-corrected chi connectivity index (χ4v) is 3.03. The minimum atomic E-state index is 0.711. The molecule has 0 aromatic heterocycles. The SMILES string of the molecule is CCC1CN(CC2(CC)CC2)C(CC)CN1. The average molecular weight is 224 g/mol. The zero-order valence-electron chi connectivity index (χ0n) is 11.3. The summed E-state index contributed by atoms with van der Waals surface area (Å²) in [7, 11) is 0. The molecule has 2 heteroatoms. The largest absolute Gasteiger partial charge is 0.311 e. The zero-order chi connectivity index (χ0) is 11.6. The number of nitrogens with zero attached hydrogens (tertiary/aromatic N) is 1. The second-order valence-corrected chi connectivity index (χ2v) is 5.86. The summed E-state index contributed by atoms with van der Waals surface area (Å²) < 4.78 is 0. The molecule has 1 heterocycles. The van der Waals surface area contributed by atoms with Crippen LogP contribution in [0.25, 0.3) is 0 Å². The molecule has 1 saturated heterocycles. The van der Waals surface area contributed by atoms with Gasteiger partial charge in [0.25, 0.3) is 0 Å². The van der Waals surface area contributed by atoms with Gasteiger partial charge < -0.3 is 5.32 Å². The molecule has 1 saturated carbocycles. The highest BCUT2D eigenvalue weighted by Gasteiger charge is 2.43. The molecule has 2 unspecified atom stereocenters. The molecule has 0 aromatic rings. The number of hydrogen-bond acceptors (Lipinski definition) is 2. The third-order valence-corrected chi connectivity index (χ3v) is 4.82. The Labute approximate surface area is 101 Å². The van der Waals surface area contributed by atoms with E-state index in [-0.39, 0.29) is 0 Å². The molecule has 2 rings (SSSR count). The van der Waals surface area contributed by atoms with Crippen LogP contribution in [-0.4, -0.2) is 36.6 Å². The minimum absolute atomic E-state index is 0.711. The van der Waals surface area contributed by atoms with Crippen molar-refractivity contribution in [3.05, 3.63) is 0 Å². The van der Waals surface area contributed by atoms with Gasteiger partial charge >= 0.3 is 0 Å². The van der Waals surface area contributed by atoms with Crippen molar-refractivity contribution in [1.82, 2.24) is 10.2 Å². The molecule has 2 fully saturated rings. The van der Waals surface area contributed by atoms with Gasteiger partial charge in [0, 0.05) is 31.7 Å². The molecule has 1 aliphatic carbocycles. The van der Waals surface area contributed by atoms with E-state index in [1.165, 1.54) is 51.7 Å². The average Bonchev–Trinajstić information content (AvgIpc) is 3.09. The van der Waals surface area contributed by atoms with Crippen molar-refractivity contribution >= 4 is 0 Å². The Morgan fingerprint density at radius 3 is 2.44 bits per heavy atom. The fraction of sp³-hybridized carbons (Fsp3) is 1.00. The molecular weight excluding hydrogens is 196 g/mol. The van der Waals surface area contributed by atoms with Gasteiger partial charge in [0.05, 0.1) is 0 Å². The monoisotopic (exact) mass is 224 g/mol. The van der Waals surface area contributed by atoms with Crippen LogP contribution in [0.3, 0.4) is 0 Å². The second-order valence-electron chi connectivity index (χ2n) is 5.86.